The normalized spacial score (nSPS) is 12.1. The molecular weight excluding hydrogens is 234 g/mol. The predicted molar refractivity (Wildman–Crippen MR) is 82.1 cm³/mol. The van der Waals surface area contributed by atoms with Crippen molar-refractivity contribution in [2.45, 2.75) is 59.2 Å². The predicted octanol–water partition coefficient (Wildman–Crippen LogP) is 3.20. The summed E-state index contributed by atoms with van der Waals surface area (Å²) in [5.41, 5.74) is 2.51. The van der Waals surface area contributed by atoms with E-state index in [0.29, 0.717) is 0 Å². The first-order valence-corrected chi connectivity index (χ1v) is 7.36. The Bertz CT molecular complexity index is 374. The van der Waals surface area contributed by atoms with Crippen LogP contribution in [0.4, 0.5) is 0 Å². The molecule has 0 aliphatic heterocycles. The van der Waals surface area contributed by atoms with Crippen molar-refractivity contribution < 1.29 is 0 Å². The van der Waals surface area contributed by atoms with Crippen molar-refractivity contribution in [2.24, 2.45) is 0 Å². The maximum atomic E-state index is 4.73. The molecule has 0 saturated heterocycles. The zero-order valence-electron chi connectivity index (χ0n) is 13.2. The summed E-state index contributed by atoms with van der Waals surface area (Å²) in [6.07, 6.45) is 2.30. The fourth-order valence-electron chi connectivity index (χ4n) is 1.84. The molecule has 19 heavy (non-hydrogen) atoms. The molecule has 0 atom stereocenters. The van der Waals surface area contributed by atoms with E-state index in [9.17, 15) is 0 Å². The minimum Gasteiger partial charge on any atom is -0.311 e. The Labute approximate surface area is 118 Å². The van der Waals surface area contributed by atoms with Gasteiger partial charge in [0.25, 0.3) is 0 Å². The summed E-state index contributed by atoms with van der Waals surface area (Å²) >= 11 is 0. The minimum atomic E-state index is 0.220. The molecule has 0 spiro atoms. The molecule has 3 nitrogen and oxygen atoms in total. The van der Waals surface area contributed by atoms with Crippen LogP contribution < -0.4 is 5.32 Å². The first kappa shape index (κ1) is 16.1. The molecule has 0 unspecified atom stereocenters. The molecule has 1 heterocycles. The van der Waals surface area contributed by atoms with Crippen LogP contribution in [0.15, 0.2) is 18.2 Å². The van der Waals surface area contributed by atoms with Crippen LogP contribution in [0.1, 0.15) is 51.9 Å². The summed E-state index contributed by atoms with van der Waals surface area (Å²) in [4.78, 5) is 7.10. The van der Waals surface area contributed by atoms with E-state index < -0.39 is 0 Å². The smallest absolute Gasteiger partial charge is 0.0547 e. The maximum absolute atomic E-state index is 4.73. The summed E-state index contributed by atoms with van der Waals surface area (Å²) in [6, 6.07) is 6.32. The second-order valence-electron chi connectivity index (χ2n) is 5.82. The highest BCUT2D eigenvalue weighted by Crippen LogP contribution is 2.18. The zero-order chi connectivity index (χ0) is 14.3. The number of nitrogens with one attached hydrogen (secondary N) is 1. The van der Waals surface area contributed by atoms with Crippen LogP contribution in [0, 0.1) is 0 Å². The first-order valence-electron chi connectivity index (χ1n) is 7.36. The molecule has 1 aromatic heterocycles. The van der Waals surface area contributed by atoms with Gasteiger partial charge in [0.15, 0.2) is 0 Å². The highest BCUT2D eigenvalue weighted by molar-refractivity contribution is 5.11. The van der Waals surface area contributed by atoms with Gasteiger partial charge in [0, 0.05) is 18.6 Å². The lowest BCUT2D eigenvalue weighted by molar-refractivity contribution is 0.141. The second-order valence-corrected chi connectivity index (χ2v) is 5.82. The summed E-state index contributed by atoms with van der Waals surface area (Å²) in [5.74, 6) is 0. The highest BCUT2D eigenvalue weighted by atomic mass is 15.2. The van der Waals surface area contributed by atoms with Crippen molar-refractivity contribution in [3.63, 3.8) is 0 Å². The van der Waals surface area contributed by atoms with E-state index in [-0.39, 0.29) is 5.54 Å². The largest absolute Gasteiger partial charge is 0.311 e. The van der Waals surface area contributed by atoms with Gasteiger partial charge < -0.3 is 5.32 Å². The molecule has 0 saturated carbocycles. The van der Waals surface area contributed by atoms with Crippen molar-refractivity contribution in [3.8, 4) is 0 Å². The van der Waals surface area contributed by atoms with Crippen LogP contribution in [0.5, 0.6) is 0 Å². The van der Waals surface area contributed by atoms with Crippen molar-refractivity contribution in [1.29, 1.82) is 0 Å². The molecule has 1 rings (SSSR count). The average molecular weight is 263 g/mol. The number of aromatic nitrogens is 1. The van der Waals surface area contributed by atoms with Gasteiger partial charge in [-0.2, -0.15) is 0 Å². The van der Waals surface area contributed by atoms with E-state index in [1.165, 1.54) is 0 Å². The van der Waals surface area contributed by atoms with Gasteiger partial charge in [-0.3, -0.25) is 9.88 Å². The van der Waals surface area contributed by atoms with Gasteiger partial charge in [-0.15, -0.1) is 0 Å². The zero-order valence-corrected chi connectivity index (χ0v) is 13.2. The Morgan fingerprint density at radius 3 is 2.53 bits per heavy atom. The second kappa shape index (κ2) is 7.61. The van der Waals surface area contributed by atoms with E-state index in [0.717, 1.165) is 43.9 Å². The Balaban J connectivity index is 2.61. The molecule has 108 valence electrons. The third-order valence-electron chi connectivity index (χ3n) is 3.90. The fourth-order valence-corrected chi connectivity index (χ4v) is 1.84. The molecule has 3 heteroatoms. The molecular formula is C16H29N3. The lowest BCUT2D eigenvalue weighted by atomic mass is 10.00. The Morgan fingerprint density at radius 1 is 1.21 bits per heavy atom. The maximum Gasteiger partial charge on any atom is 0.0547 e. The molecule has 0 bridgehead atoms. The molecule has 0 aliphatic rings. The molecule has 0 aliphatic carbocycles. The van der Waals surface area contributed by atoms with Crippen LogP contribution in [0.2, 0.25) is 0 Å². The number of nitrogens with zero attached hydrogens (tertiary/aromatic N) is 2. The van der Waals surface area contributed by atoms with Gasteiger partial charge >= 0.3 is 0 Å². The quantitative estimate of drug-likeness (QED) is 0.730. The fraction of sp³-hybridized carbons (Fsp3) is 0.688. The van der Waals surface area contributed by atoms with Gasteiger partial charge in [0.1, 0.15) is 0 Å². The highest BCUT2D eigenvalue weighted by Gasteiger charge is 2.21. The van der Waals surface area contributed by atoms with Crippen molar-refractivity contribution in [1.82, 2.24) is 15.2 Å². The molecule has 0 fully saturated rings. The summed E-state index contributed by atoms with van der Waals surface area (Å²) in [6.45, 7) is 11.8. The van der Waals surface area contributed by atoms with Crippen molar-refractivity contribution >= 4 is 0 Å². The first-order chi connectivity index (χ1) is 8.99. The topological polar surface area (TPSA) is 28.2 Å². The van der Waals surface area contributed by atoms with E-state index in [2.05, 4.69) is 63.2 Å². The van der Waals surface area contributed by atoms with Crippen LogP contribution in [-0.2, 0) is 13.1 Å². The van der Waals surface area contributed by atoms with Crippen molar-refractivity contribution in [3.05, 3.63) is 29.6 Å². The average Bonchev–Trinajstić information content (AvgIpc) is 2.39. The lowest BCUT2D eigenvalue weighted by Crippen LogP contribution is -2.40. The van der Waals surface area contributed by atoms with E-state index in [1.807, 2.05) is 0 Å². The third-order valence-corrected chi connectivity index (χ3v) is 3.90. The number of hydrogen-bond acceptors (Lipinski definition) is 3. The third kappa shape index (κ3) is 5.29. The molecule has 0 aromatic carbocycles. The van der Waals surface area contributed by atoms with E-state index >= 15 is 0 Å². The SMILES string of the molecule is CCCNCc1cccc(CN(C)C(C)(C)CC)n1. The number of pyridine rings is 1. The van der Waals surface area contributed by atoms with Crippen LogP contribution >= 0.6 is 0 Å². The summed E-state index contributed by atoms with van der Waals surface area (Å²) in [5, 5.41) is 3.40. The van der Waals surface area contributed by atoms with Crippen LogP contribution in [0.3, 0.4) is 0 Å². The molecule has 0 radical (unpaired) electrons. The van der Waals surface area contributed by atoms with Crippen molar-refractivity contribution in [2.75, 3.05) is 13.6 Å². The number of rotatable bonds is 8. The number of hydrogen-bond donors (Lipinski definition) is 1. The summed E-state index contributed by atoms with van der Waals surface area (Å²) in [7, 11) is 2.17. The Hall–Kier alpha value is -0.930. The standard InChI is InChI=1S/C16H29N3/c1-6-11-17-12-14-9-8-10-15(18-14)13-19(5)16(3,4)7-2/h8-10,17H,6-7,11-13H2,1-5H3. The van der Waals surface area contributed by atoms with Gasteiger partial charge in [0.05, 0.1) is 11.4 Å². The Morgan fingerprint density at radius 2 is 1.89 bits per heavy atom. The van der Waals surface area contributed by atoms with Gasteiger partial charge in [-0.05, 0) is 52.4 Å². The summed E-state index contributed by atoms with van der Waals surface area (Å²) < 4.78 is 0. The van der Waals surface area contributed by atoms with E-state index in [4.69, 9.17) is 4.98 Å². The Kier molecular flexibility index (Phi) is 6.46. The molecule has 0 amide bonds. The van der Waals surface area contributed by atoms with Gasteiger partial charge in [-0.1, -0.05) is 19.9 Å². The minimum absolute atomic E-state index is 0.220. The lowest BCUT2D eigenvalue weighted by Gasteiger charge is -2.34. The van der Waals surface area contributed by atoms with Gasteiger partial charge in [-0.25, -0.2) is 0 Å². The van der Waals surface area contributed by atoms with Crippen LogP contribution in [0.25, 0.3) is 0 Å². The van der Waals surface area contributed by atoms with E-state index in [1.54, 1.807) is 0 Å². The van der Waals surface area contributed by atoms with Crippen LogP contribution in [-0.4, -0.2) is 29.0 Å². The monoisotopic (exact) mass is 263 g/mol. The molecule has 1 aromatic rings. The van der Waals surface area contributed by atoms with Gasteiger partial charge in [0.2, 0.25) is 0 Å². The molecule has 1 N–H and O–H groups in total.